The fourth-order valence-corrected chi connectivity index (χ4v) is 5.00. The SMILES string of the molecule is O=C(c1ccc(SCc2cn3ccccc3n2)cc1)N1CCC2CCC(C1)N2. The van der Waals surface area contributed by atoms with E-state index in [0.29, 0.717) is 12.1 Å². The van der Waals surface area contributed by atoms with Crippen molar-refractivity contribution in [3.8, 4) is 0 Å². The number of imidazole rings is 1. The lowest BCUT2D eigenvalue weighted by Crippen LogP contribution is -2.39. The van der Waals surface area contributed by atoms with Crippen molar-refractivity contribution in [2.75, 3.05) is 13.1 Å². The van der Waals surface area contributed by atoms with Crippen molar-refractivity contribution in [3.63, 3.8) is 0 Å². The van der Waals surface area contributed by atoms with Crippen LogP contribution in [0.4, 0.5) is 0 Å². The van der Waals surface area contributed by atoms with E-state index < -0.39 is 0 Å². The number of fused-ring (bicyclic) bond motifs is 3. The fourth-order valence-electron chi connectivity index (χ4n) is 4.22. The van der Waals surface area contributed by atoms with Gasteiger partial charge in [-0.15, -0.1) is 11.8 Å². The zero-order chi connectivity index (χ0) is 18.9. The van der Waals surface area contributed by atoms with Crippen molar-refractivity contribution in [1.82, 2.24) is 19.6 Å². The summed E-state index contributed by atoms with van der Waals surface area (Å²) in [6, 6.07) is 15.1. The van der Waals surface area contributed by atoms with Crippen LogP contribution in [0, 0.1) is 0 Å². The Hall–Kier alpha value is -2.31. The van der Waals surface area contributed by atoms with Gasteiger partial charge in [0.05, 0.1) is 5.69 Å². The Morgan fingerprint density at radius 1 is 1.11 bits per heavy atom. The van der Waals surface area contributed by atoms with Crippen LogP contribution >= 0.6 is 11.8 Å². The molecule has 0 aliphatic carbocycles. The molecular formula is C22H24N4OS. The van der Waals surface area contributed by atoms with Gasteiger partial charge >= 0.3 is 0 Å². The molecule has 2 aromatic heterocycles. The van der Waals surface area contributed by atoms with E-state index in [1.165, 1.54) is 12.8 Å². The van der Waals surface area contributed by atoms with E-state index in [2.05, 4.69) is 28.6 Å². The van der Waals surface area contributed by atoms with Crippen LogP contribution in [-0.2, 0) is 5.75 Å². The molecule has 28 heavy (non-hydrogen) atoms. The third kappa shape index (κ3) is 3.66. The van der Waals surface area contributed by atoms with Gasteiger partial charge in [-0.3, -0.25) is 4.79 Å². The van der Waals surface area contributed by atoms with Crippen LogP contribution in [-0.4, -0.2) is 45.4 Å². The Morgan fingerprint density at radius 3 is 2.82 bits per heavy atom. The van der Waals surface area contributed by atoms with Crippen LogP contribution in [0.15, 0.2) is 59.8 Å². The number of hydrogen-bond donors (Lipinski definition) is 1. The van der Waals surface area contributed by atoms with Crippen LogP contribution in [0.2, 0.25) is 0 Å². The number of carbonyl (C=O) groups is 1. The molecule has 5 rings (SSSR count). The van der Waals surface area contributed by atoms with Gasteiger partial charge in [-0.05, 0) is 55.7 Å². The van der Waals surface area contributed by atoms with Crippen LogP contribution in [0.25, 0.3) is 5.65 Å². The summed E-state index contributed by atoms with van der Waals surface area (Å²) in [5.74, 6) is 0.974. The Kier molecular flexibility index (Phi) is 4.82. The maximum atomic E-state index is 12.9. The molecular weight excluding hydrogens is 368 g/mol. The van der Waals surface area contributed by atoms with E-state index in [4.69, 9.17) is 0 Å². The normalized spacial score (nSPS) is 21.8. The number of thioether (sulfide) groups is 1. The molecule has 5 nitrogen and oxygen atoms in total. The molecule has 2 fully saturated rings. The van der Waals surface area contributed by atoms with E-state index in [9.17, 15) is 4.79 Å². The Bertz CT molecular complexity index is 951. The number of likely N-dealkylation sites (tertiary alicyclic amines) is 1. The lowest BCUT2D eigenvalue weighted by molar-refractivity contribution is 0.0748. The molecule has 1 aromatic carbocycles. The van der Waals surface area contributed by atoms with E-state index in [0.717, 1.165) is 47.1 Å². The number of benzene rings is 1. The minimum Gasteiger partial charge on any atom is -0.337 e. The smallest absolute Gasteiger partial charge is 0.253 e. The van der Waals surface area contributed by atoms with Crippen molar-refractivity contribution < 1.29 is 4.79 Å². The Labute approximate surface area is 169 Å². The minimum absolute atomic E-state index is 0.159. The zero-order valence-electron chi connectivity index (χ0n) is 15.8. The van der Waals surface area contributed by atoms with Gasteiger partial charge in [0.15, 0.2) is 0 Å². The molecule has 0 spiro atoms. The monoisotopic (exact) mass is 392 g/mol. The standard InChI is InChI=1S/C22H24N4OS/c27-22(26-12-10-17-6-7-18(13-26)23-17)16-4-8-20(9-5-16)28-15-19-14-25-11-2-1-3-21(25)24-19/h1-5,8-9,11,14,17-18,23H,6-7,10,12-13,15H2. The van der Waals surface area contributed by atoms with Gasteiger partial charge in [-0.2, -0.15) is 0 Å². The first kappa shape index (κ1) is 17.8. The molecule has 0 radical (unpaired) electrons. The van der Waals surface area contributed by atoms with Crippen LogP contribution in [0.1, 0.15) is 35.3 Å². The molecule has 2 aliphatic rings. The molecule has 144 valence electrons. The maximum Gasteiger partial charge on any atom is 0.253 e. The van der Waals surface area contributed by atoms with Crippen molar-refractivity contribution in [1.29, 1.82) is 0 Å². The highest BCUT2D eigenvalue weighted by Crippen LogP contribution is 2.25. The highest BCUT2D eigenvalue weighted by molar-refractivity contribution is 7.98. The van der Waals surface area contributed by atoms with Gasteiger partial charge in [0.2, 0.25) is 0 Å². The third-order valence-electron chi connectivity index (χ3n) is 5.71. The van der Waals surface area contributed by atoms with Gasteiger partial charge in [0.25, 0.3) is 5.91 Å². The summed E-state index contributed by atoms with van der Waals surface area (Å²) in [5.41, 5.74) is 2.82. The summed E-state index contributed by atoms with van der Waals surface area (Å²) in [6.45, 7) is 1.69. The summed E-state index contributed by atoms with van der Waals surface area (Å²) >= 11 is 1.75. The molecule has 4 heterocycles. The van der Waals surface area contributed by atoms with Gasteiger partial charge < -0.3 is 14.6 Å². The van der Waals surface area contributed by atoms with Crippen LogP contribution < -0.4 is 5.32 Å². The first-order chi connectivity index (χ1) is 13.7. The lowest BCUT2D eigenvalue weighted by atomic mass is 10.1. The number of amides is 1. The summed E-state index contributed by atoms with van der Waals surface area (Å²) in [5, 5.41) is 3.64. The highest BCUT2D eigenvalue weighted by atomic mass is 32.2. The van der Waals surface area contributed by atoms with Crippen molar-refractivity contribution in [3.05, 3.63) is 66.1 Å². The quantitative estimate of drug-likeness (QED) is 0.690. The summed E-state index contributed by atoms with van der Waals surface area (Å²) in [7, 11) is 0. The van der Waals surface area contributed by atoms with Crippen LogP contribution in [0.5, 0.6) is 0 Å². The topological polar surface area (TPSA) is 49.6 Å². The third-order valence-corrected chi connectivity index (χ3v) is 6.76. The highest BCUT2D eigenvalue weighted by Gasteiger charge is 2.31. The van der Waals surface area contributed by atoms with Crippen molar-refractivity contribution >= 4 is 23.3 Å². The van der Waals surface area contributed by atoms with Gasteiger partial charge in [0.1, 0.15) is 5.65 Å². The first-order valence-corrected chi connectivity index (χ1v) is 10.9. The number of nitrogens with zero attached hydrogens (tertiary/aromatic N) is 3. The minimum atomic E-state index is 0.159. The molecule has 2 saturated heterocycles. The lowest BCUT2D eigenvalue weighted by Gasteiger charge is -2.24. The molecule has 1 N–H and O–H groups in total. The van der Waals surface area contributed by atoms with Crippen molar-refractivity contribution in [2.45, 2.75) is 42.0 Å². The van der Waals surface area contributed by atoms with Crippen molar-refractivity contribution in [2.24, 2.45) is 0 Å². The second kappa shape index (κ2) is 7.60. The maximum absolute atomic E-state index is 12.9. The number of carbonyl (C=O) groups excluding carboxylic acids is 1. The number of nitrogens with one attached hydrogen (secondary N) is 1. The average Bonchev–Trinajstić information content (AvgIpc) is 3.28. The van der Waals surface area contributed by atoms with E-state index in [1.807, 2.05) is 45.8 Å². The van der Waals surface area contributed by atoms with E-state index >= 15 is 0 Å². The Balaban J connectivity index is 1.22. The molecule has 6 heteroatoms. The zero-order valence-corrected chi connectivity index (χ0v) is 16.6. The molecule has 0 saturated carbocycles. The predicted molar refractivity (Wildman–Crippen MR) is 112 cm³/mol. The second-order valence-electron chi connectivity index (χ2n) is 7.69. The molecule has 1 amide bonds. The van der Waals surface area contributed by atoms with Gasteiger partial charge in [-0.25, -0.2) is 4.98 Å². The number of rotatable bonds is 4. The summed E-state index contributed by atoms with van der Waals surface area (Å²) in [4.78, 5) is 20.7. The predicted octanol–water partition coefficient (Wildman–Crippen LogP) is 3.59. The second-order valence-corrected chi connectivity index (χ2v) is 8.74. The van der Waals surface area contributed by atoms with Gasteiger partial charge in [-0.1, -0.05) is 6.07 Å². The first-order valence-electron chi connectivity index (χ1n) is 9.95. The van der Waals surface area contributed by atoms with E-state index in [-0.39, 0.29) is 5.91 Å². The molecule has 2 unspecified atom stereocenters. The summed E-state index contributed by atoms with van der Waals surface area (Å²) in [6.07, 6.45) is 7.59. The largest absolute Gasteiger partial charge is 0.337 e. The average molecular weight is 393 g/mol. The van der Waals surface area contributed by atoms with E-state index in [1.54, 1.807) is 11.8 Å². The number of pyridine rings is 1. The number of hydrogen-bond acceptors (Lipinski definition) is 4. The molecule has 2 atom stereocenters. The van der Waals surface area contributed by atoms with Crippen LogP contribution in [0.3, 0.4) is 0 Å². The molecule has 2 aliphatic heterocycles. The Morgan fingerprint density at radius 2 is 1.96 bits per heavy atom. The van der Waals surface area contributed by atoms with Gasteiger partial charge in [0, 0.05) is 53.8 Å². The molecule has 3 aromatic rings. The summed E-state index contributed by atoms with van der Waals surface area (Å²) < 4.78 is 2.04. The molecule has 2 bridgehead atoms. The number of aromatic nitrogens is 2. The fraction of sp³-hybridized carbons (Fsp3) is 0.364.